The second-order valence-corrected chi connectivity index (χ2v) is 4.91. The van der Waals surface area contributed by atoms with E-state index in [9.17, 15) is 8.42 Å². The van der Waals surface area contributed by atoms with Crippen LogP contribution in [0.4, 0.5) is 5.69 Å². The third-order valence-corrected chi connectivity index (χ3v) is 3.18. The molecule has 0 radical (unpaired) electrons. The molecule has 17 heavy (non-hydrogen) atoms. The fourth-order valence-electron chi connectivity index (χ4n) is 1.34. The lowest BCUT2D eigenvalue weighted by Crippen LogP contribution is -2.28. The van der Waals surface area contributed by atoms with Crippen molar-refractivity contribution >= 4 is 21.7 Å². The first kappa shape index (κ1) is 13.3. The molecule has 1 aromatic rings. The number of hydrogen-bond acceptors (Lipinski definition) is 4. The van der Waals surface area contributed by atoms with Crippen LogP contribution in [0.5, 0.6) is 0 Å². The lowest BCUT2D eigenvalue weighted by Gasteiger charge is -2.12. The van der Waals surface area contributed by atoms with Gasteiger partial charge in [0.1, 0.15) is 0 Å². The zero-order chi connectivity index (χ0) is 13.1. The topological polar surface area (TPSA) is 117 Å². The molecule has 0 unspecified atom stereocenters. The zero-order valence-corrected chi connectivity index (χ0v) is 10.2. The van der Waals surface area contributed by atoms with Gasteiger partial charge in [-0.05, 0) is 18.6 Å². The molecule has 0 saturated heterocycles. The van der Waals surface area contributed by atoms with Crippen LogP contribution in [-0.2, 0) is 10.2 Å². The number of amidine groups is 1. The molecular formula is C9H14N4O3S. The highest BCUT2D eigenvalue weighted by atomic mass is 32.2. The number of hydrogen-bond donors (Lipinski definition) is 4. The summed E-state index contributed by atoms with van der Waals surface area (Å²) in [5, 5.41) is 11.5. The summed E-state index contributed by atoms with van der Waals surface area (Å²) in [7, 11) is -2.37. The van der Waals surface area contributed by atoms with Crippen LogP contribution in [-0.4, -0.2) is 26.5 Å². The van der Waals surface area contributed by atoms with E-state index < -0.39 is 10.2 Å². The number of nitrogens with two attached hydrogens (primary N) is 1. The highest BCUT2D eigenvalue weighted by molar-refractivity contribution is 7.90. The lowest BCUT2D eigenvalue weighted by molar-refractivity contribution is 0.318. The van der Waals surface area contributed by atoms with E-state index in [-0.39, 0.29) is 11.5 Å². The van der Waals surface area contributed by atoms with Gasteiger partial charge in [-0.3, -0.25) is 4.72 Å². The molecule has 0 heterocycles. The average Bonchev–Trinajstić information content (AvgIpc) is 2.28. The normalized spacial score (nSPS) is 12.5. The van der Waals surface area contributed by atoms with Gasteiger partial charge in [-0.1, -0.05) is 17.3 Å². The van der Waals surface area contributed by atoms with Crippen molar-refractivity contribution in [2.75, 3.05) is 11.8 Å². The van der Waals surface area contributed by atoms with Crippen molar-refractivity contribution < 1.29 is 13.6 Å². The van der Waals surface area contributed by atoms with E-state index in [0.29, 0.717) is 11.1 Å². The molecule has 0 aliphatic carbocycles. The predicted octanol–water partition coefficient (Wildman–Crippen LogP) is -0.0344. The van der Waals surface area contributed by atoms with E-state index in [1.54, 1.807) is 19.1 Å². The summed E-state index contributed by atoms with van der Waals surface area (Å²) in [5.41, 5.74) is 6.78. The number of nitrogens with zero attached hydrogens (tertiary/aromatic N) is 1. The van der Waals surface area contributed by atoms with Crippen LogP contribution < -0.4 is 15.2 Å². The molecule has 1 aromatic carbocycles. The minimum atomic E-state index is -3.65. The summed E-state index contributed by atoms with van der Waals surface area (Å²) < 4.78 is 27.1. The summed E-state index contributed by atoms with van der Waals surface area (Å²) in [6.45, 7) is 1.73. The van der Waals surface area contributed by atoms with E-state index >= 15 is 0 Å². The van der Waals surface area contributed by atoms with Crippen molar-refractivity contribution in [3.63, 3.8) is 0 Å². The van der Waals surface area contributed by atoms with Crippen molar-refractivity contribution in [1.29, 1.82) is 0 Å². The minimum absolute atomic E-state index is 0.156. The first-order valence-electron chi connectivity index (χ1n) is 4.70. The van der Waals surface area contributed by atoms with Crippen LogP contribution in [0.1, 0.15) is 11.1 Å². The Bertz CT molecular complexity index is 539. The molecule has 0 aromatic heterocycles. The Labute approximate surface area is 99.5 Å². The van der Waals surface area contributed by atoms with Gasteiger partial charge in [0, 0.05) is 12.6 Å². The molecule has 94 valence electrons. The Morgan fingerprint density at radius 1 is 1.47 bits per heavy atom. The second kappa shape index (κ2) is 5.02. The molecule has 0 spiro atoms. The molecule has 0 fully saturated rings. The van der Waals surface area contributed by atoms with Crippen molar-refractivity contribution in [3.05, 3.63) is 29.3 Å². The van der Waals surface area contributed by atoms with E-state index in [4.69, 9.17) is 10.9 Å². The molecule has 7 nitrogen and oxygen atoms in total. The van der Waals surface area contributed by atoms with Gasteiger partial charge in [0.05, 0.1) is 5.69 Å². The van der Waals surface area contributed by atoms with Crippen LogP contribution in [0.25, 0.3) is 0 Å². The largest absolute Gasteiger partial charge is 0.409 e. The number of nitrogens with one attached hydrogen (secondary N) is 2. The third-order valence-electron chi connectivity index (χ3n) is 2.15. The number of benzene rings is 1. The number of anilines is 1. The van der Waals surface area contributed by atoms with Crippen LogP contribution in [0.2, 0.25) is 0 Å². The van der Waals surface area contributed by atoms with Gasteiger partial charge < -0.3 is 10.9 Å². The van der Waals surface area contributed by atoms with Crippen molar-refractivity contribution in [1.82, 2.24) is 4.72 Å². The maximum atomic E-state index is 11.4. The first-order valence-corrected chi connectivity index (χ1v) is 6.18. The van der Waals surface area contributed by atoms with E-state index in [0.717, 1.165) is 0 Å². The summed E-state index contributed by atoms with van der Waals surface area (Å²) in [6, 6.07) is 4.91. The fourth-order valence-corrected chi connectivity index (χ4v) is 1.90. The Hall–Kier alpha value is -1.80. The van der Waals surface area contributed by atoms with Gasteiger partial charge in [-0.25, -0.2) is 4.72 Å². The standard InChI is InChI=1S/C9H14N4O3S/c1-6-4-3-5-7(8(6)9(10)12-14)13-17(15,16)11-2/h3-5,11,13-14H,1-2H3,(H2,10,12). The Morgan fingerprint density at radius 2 is 2.12 bits per heavy atom. The molecule has 0 aliphatic rings. The molecule has 0 aliphatic heterocycles. The predicted molar refractivity (Wildman–Crippen MR) is 65.3 cm³/mol. The second-order valence-electron chi connectivity index (χ2n) is 3.29. The van der Waals surface area contributed by atoms with Gasteiger partial charge in [-0.15, -0.1) is 0 Å². The van der Waals surface area contributed by atoms with E-state index in [1.807, 2.05) is 0 Å². The molecule has 1 rings (SSSR count). The molecule has 0 bridgehead atoms. The quantitative estimate of drug-likeness (QED) is 0.262. The fraction of sp³-hybridized carbons (Fsp3) is 0.222. The zero-order valence-electron chi connectivity index (χ0n) is 9.43. The van der Waals surface area contributed by atoms with E-state index in [2.05, 4.69) is 14.6 Å². The van der Waals surface area contributed by atoms with Crippen molar-refractivity contribution in [2.24, 2.45) is 10.9 Å². The molecule has 0 saturated carbocycles. The minimum Gasteiger partial charge on any atom is -0.409 e. The Balaban J connectivity index is 3.30. The van der Waals surface area contributed by atoms with Crippen LogP contribution in [0, 0.1) is 6.92 Å². The number of oxime groups is 1. The maximum absolute atomic E-state index is 11.4. The first-order chi connectivity index (χ1) is 7.91. The molecule has 0 amide bonds. The number of aryl methyl sites for hydroxylation is 1. The van der Waals surface area contributed by atoms with Crippen molar-refractivity contribution in [2.45, 2.75) is 6.92 Å². The summed E-state index contributed by atoms with van der Waals surface area (Å²) in [5.74, 6) is -0.156. The molecular weight excluding hydrogens is 244 g/mol. The van der Waals surface area contributed by atoms with Gasteiger partial charge in [0.25, 0.3) is 10.2 Å². The SMILES string of the molecule is CNS(=O)(=O)Nc1cccc(C)c1/C(N)=N/O. The molecule has 8 heteroatoms. The molecule has 5 N–H and O–H groups in total. The Kier molecular flexibility index (Phi) is 3.92. The van der Waals surface area contributed by atoms with Gasteiger partial charge >= 0.3 is 0 Å². The Morgan fingerprint density at radius 3 is 2.65 bits per heavy atom. The monoisotopic (exact) mass is 258 g/mol. The average molecular weight is 258 g/mol. The van der Waals surface area contributed by atoms with Crippen molar-refractivity contribution in [3.8, 4) is 0 Å². The summed E-state index contributed by atoms with van der Waals surface area (Å²) in [6.07, 6.45) is 0. The lowest BCUT2D eigenvalue weighted by atomic mass is 10.1. The van der Waals surface area contributed by atoms with Crippen LogP contribution in [0.15, 0.2) is 23.4 Å². The summed E-state index contributed by atoms with van der Waals surface area (Å²) in [4.78, 5) is 0. The van der Waals surface area contributed by atoms with E-state index in [1.165, 1.54) is 13.1 Å². The highest BCUT2D eigenvalue weighted by Gasteiger charge is 2.14. The van der Waals surface area contributed by atoms with Gasteiger partial charge in [-0.2, -0.15) is 8.42 Å². The smallest absolute Gasteiger partial charge is 0.298 e. The third kappa shape index (κ3) is 3.08. The maximum Gasteiger partial charge on any atom is 0.298 e. The van der Waals surface area contributed by atoms with Crippen LogP contribution >= 0.6 is 0 Å². The molecule has 0 atom stereocenters. The van der Waals surface area contributed by atoms with Gasteiger partial charge in [0.15, 0.2) is 5.84 Å². The number of rotatable bonds is 4. The van der Waals surface area contributed by atoms with Crippen LogP contribution in [0.3, 0.4) is 0 Å². The summed E-state index contributed by atoms with van der Waals surface area (Å²) >= 11 is 0. The van der Waals surface area contributed by atoms with Gasteiger partial charge in [0.2, 0.25) is 0 Å². The highest BCUT2D eigenvalue weighted by Crippen LogP contribution is 2.20.